The van der Waals surface area contributed by atoms with Gasteiger partial charge in [-0.3, -0.25) is 9.59 Å². The number of carbonyl (C=O) groups is 2. The minimum atomic E-state index is -0.896. The molecule has 4 unspecified atom stereocenters. The molecule has 2 heterocycles. The smallest absolute Gasteiger partial charge is 0.310 e. The van der Waals surface area contributed by atoms with Crippen molar-refractivity contribution in [2.45, 2.75) is 109 Å². The molecule has 2 aliphatic heterocycles. The van der Waals surface area contributed by atoms with Crippen LogP contribution in [-0.4, -0.2) is 35.7 Å². The van der Waals surface area contributed by atoms with Gasteiger partial charge in [-0.1, -0.05) is 77.6 Å². The zero-order valence-electron chi connectivity index (χ0n) is 17.1. The van der Waals surface area contributed by atoms with Gasteiger partial charge in [0, 0.05) is 6.54 Å². The van der Waals surface area contributed by atoms with Crippen LogP contribution in [0.4, 0.5) is 0 Å². The summed E-state index contributed by atoms with van der Waals surface area (Å²) in [5.74, 6) is -2.19. The third-order valence-corrected chi connectivity index (χ3v) is 6.19. The molecule has 0 radical (unpaired) electrons. The molecule has 0 aromatic heterocycles. The molecule has 2 bridgehead atoms. The first-order chi connectivity index (χ1) is 13.1. The summed E-state index contributed by atoms with van der Waals surface area (Å²) in [4.78, 5) is 23.8. The molecule has 2 fully saturated rings. The van der Waals surface area contributed by atoms with Crippen LogP contribution in [0.3, 0.4) is 0 Å². The van der Waals surface area contributed by atoms with Gasteiger partial charge in [-0.05, 0) is 19.3 Å². The van der Waals surface area contributed by atoms with Gasteiger partial charge in [0.15, 0.2) is 0 Å². The van der Waals surface area contributed by atoms with Gasteiger partial charge in [0.1, 0.15) is 0 Å². The van der Waals surface area contributed by atoms with Crippen LogP contribution in [0, 0.1) is 11.8 Å². The van der Waals surface area contributed by atoms with E-state index < -0.39 is 17.8 Å². The number of aliphatic carboxylic acids is 1. The Labute approximate surface area is 164 Å². The maximum absolute atomic E-state index is 12.4. The summed E-state index contributed by atoms with van der Waals surface area (Å²) in [6, 6.07) is 0. The van der Waals surface area contributed by atoms with Gasteiger partial charge in [0.2, 0.25) is 5.91 Å². The summed E-state index contributed by atoms with van der Waals surface area (Å²) < 4.78 is 5.66. The fraction of sp³-hybridized carbons (Fsp3) is 0.909. The van der Waals surface area contributed by atoms with E-state index in [0.717, 1.165) is 25.7 Å². The van der Waals surface area contributed by atoms with E-state index in [1.165, 1.54) is 64.2 Å². The van der Waals surface area contributed by atoms with E-state index in [1.807, 2.05) is 0 Å². The second-order valence-corrected chi connectivity index (χ2v) is 8.36. The highest BCUT2D eigenvalue weighted by Gasteiger charge is 2.55. The lowest BCUT2D eigenvalue weighted by Gasteiger charge is -2.23. The third-order valence-electron chi connectivity index (χ3n) is 6.19. The van der Waals surface area contributed by atoms with Gasteiger partial charge in [-0.25, -0.2) is 0 Å². The van der Waals surface area contributed by atoms with Crippen LogP contribution >= 0.6 is 0 Å². The van der Waals surface area contributed by atoms with Gasteiger partial charge in [-0.15, -0.1) is 0 Å². The van der Waals surface area contributed by atoms with E-state index in [0.29, 0.717) is 6.54 Å². The number of fused-ring (bicyclic) bond motifs is 2. The second kappa shape index (κ2) is 12.4. The van der Waals surface area contributed by atoms with Gasteiger partial charge in [-0.2, -0.15) is 0 Å². The maximum Gasteiger partial charge on any atom is 0.310 e. The Morgan fingerprint density at radius 1 is 0.815 bits per heavy atom. The number of nitrogens with one attached hydrogen (secondary N) is 1. The summed E-state index contributed by atoms with van der Waals surface area (Å²) in [5, 5.41) is 12.3. The molecular formula is C22H39NO4. The number of carboxylic acid groups (broad SMARTS) is 1. The van der Waals surface area contributed by atoms with E-state index >= 15 is 0 Å². The standard InChI is InChI=1S/C22H39NO4/c1-2-3-4-5-6-7-8-9-10-11-12-13-16-23-21(24)19-17-14-15-18(27-17)20(19)22(25)26/h17-20H,2-16H2,1H3,(H,23,24)(H,25,26). The Morgan fingerprint density at radius 2 is 1.30 bits per heavy atom. The maximum atomic E-state index is 12.4. The minimum absolute atomic E-state index is 0.127. The van der Waals surface area contributed by atoms with Crippen LogP contribution in [0.15, 0.2) is 0 Å². The highest BCUT2D eigenvalue weighted by atomic mass is 16.5. The first-order valence-electron chi connectivity index (χ1n) is 11.3. The second-order valence-electron chi connectivity index (χ2n) is 8.36. The quantitative estimate of drug-likeness (QED) is 0.404. The molecule has 2 rings (SSSR count). The topological polar surface area (TPSA) is 75.6 Å². The number of unbranched alkanes of at least 4 members (excludes halogenated alkanes) is 11. The molecule has 27 heavy (non-hydrogen) atoms. The lowest BCUT2D eigenvalue weighted by atomic mass is 9.78. The number of ether oxygens (including phenoxy) is 1. The van der Waals surface area contributed by atoms with Crippen molar-refractivity contribution < 1.29 is 19.4 Å². The van der Waals surface area contributed by atoms with Gasteiger partial charge >= 0.3 is 5.97 Å². The largest absolute Gasteiger partial charge is 0.481 e. The Balaban J connectivity index is 1.44. The highest BCUT2D eigenvalue weighted by molar-refractivity contribution is 5.86. The lowest BCUT2D eigenvalue weighted by molar-refractivity contribution is -0.147. The van der Waals surface area contributed by atoms with Crippen molar-refractivity contribution in [3.8, 4) is 0 Å². The minimum Gasteiger partial charge on any atom is -0.481 e. The number of hydrogen-bond donors (Lipinski definition) is 2. The molecule has 1 amide bonds. The van der Waals surface area contributed by atoms with E-state index in [1.54, 1.807) is 0 Å². The fourth-order valence-electron chi connectivity index (χ4n) is 4.62. The van der Waals surface area contributed by atoms with Crippen LogP contribution in [0.5, 0.6) is 0 Å². The third kappa shape index (κ3) is 7.10. The molecule has 4 atom stereocenters. The van der Waals surface area contributed by atoms with Crippen LogP contribution in [0.2, 0.25) is 0 Å². The van der Waals surface area contributed by atoms with E-state index in [-0.39, 0.29) is 18.1 Å². The van der Waals surface area contributed by atoms with Crippen LogP contribution in [-0.2, 0) is 14.3 Å². The van der Waals surface area contributed by atoms with Crippen molar-refractivity contribution in [2.24, 2.45) is 11.8 Å². The molecule has 0 aliphatic carbocycles. The van der Waals surface area contributed by atoms with Crippen molar-refractivity contribution in [1.29, 1.82) is 0 Å². The van der Waals surface area contributed by atoms with Crippen molar-refractivity contribution in [3.05, 3.63) is 0 Å². The predicted octanol–water partition coefficient (Wildman–Crippen LogP) is 4.68. The van der Waals surface area contributed by atoms with E-state index in [4.69, 9.17) is 4.74 Å². The Bertz CT molecular complexity index is 454. The van der Waals surface area contributed by atoms with E-state index in [2.05, 4.69) is 12.2 Å². The SMILES string of the molecule is CCCCCCCCCCCCCCNC(=O)C1C2CCC(O2)C1C(=O)O. The fourth-order valence-corrected chi connectivity index (χ4v) is 4.62. The molecule has 156 valence electrons. The molecule has 5 nitrogen and oxygen atoms in total. The number of hydrogen-bond acceptors (Lipinski definition) is 3. The summed E-state index contributed by atoms with van der Waals surface area (Å²) in [6.45, 7) is 2.90. The molecule has 5 heteroatoms. The number of rotatable bonds is 15. The molecule has 0 aromatic rings. The molecule has 2 saturated heterocycles. The first-order valence-corrected chi connectivity index (χ1v) is 11.3. The average molecular weight is 382 g/mol. The van der Waals surface area contributed by atoms with Crippen molar-refractivity contribution in [2.75, 3.05) is 6.54 Å². The first kappa shape index (κ1) is 22.2. The summed E-state index contributed by atoms with van der Waals surface area (Å²) >= 11 is 0. The van der Waals surface area contributed by atoms with Gasteiger partial charge in [0.25, 0.3) is 0 Å². The van der Waals surface area contributed by atoms with Crippen molar-refractivity contribution in [1.82, 2.24) is 5.32 Å². The predicted molar refractivity (Wildman–Crippen MR) is 107 cm³/mol. The molecule has 0 saturated carbocycles. The molecule has 0 aromatic carbocycles. The number of carboxylic acids is 1. The average Bonchev–Trinajstić information content (AvgIpc) is 3.26. The van der Waals surface area contributed by atoms with E-state index in [9.17, 15) is 14.7 Å². The molecule has 2 N–H and O–H groups in total. The molecule has 2 aliphatic rings. The van der Waals surface area contributed by atoms with Crippen LogP contribution in [0.25, 0.3) is 0 Å². The zero-order chi connectivity index (χ0) is 19.5. The molecular weight excluding hydrogens is 342 g/mol. The van der Waals surface area contributed by atoms with Crippen LogP contribution in [0.1, 0.15) is 96.8 Å². The van der Waals surface area contributed by atoms with Crippen molar-refractivity contribution >= 4 is 11.9 Å². The van der Waals surface area contributed by atoms with Crippen molar-refractivity contribution in [3.63, 3.8) is 0 Å². The number of amides is 1. The van der Waals surface area contributed by atoms with Gasteiger partial charge in [0.05, 0.1) is 24.0 Å². The van der Waals surface area contributed by atoms with Gasteiger partial charge < -0.3 is 15.2 Å². The normalized spacial score (nSPS) is 26.4. The summed E-state index contributed by atoms with van der Waals surface area (Å²) in [5.41, 5.74) is 0. The Morgan fingerprint density at radius 3 is 1.81 bits per heavy atom. The Kier molecular flexibility index (Phi) is 10.2. The lowest BCUT2D eigenvalue weighted by Crippen LogP contribution is -2.44. The monoisotopic (exact) mass is 381 g/mol. The highest BCUT2D eigenvalue weighted by Crippen LogP contribution is 2.43. The van der Waals surface area contributed by atoms with Crippen LogP contribution < -0.4 is 5.32 Å². The molecule has 0 spiro atoms. The zero-order valence-corrected chi connectivity index (χ0v) is 17.1. The number of carbonyl (C=O) groups excluding carboxylic acids is 1. The Hall–Kier alpha value is -1.10. The summed E-state index contributed by atoms with van der Waals surface area (Å²) in [6.07, 6.45) is 16.6. The summed E-state index contributed by atoms with van der Waals surface area (Å²) in [7, 11) is 0.